The molecule has 1 aromatic rings. The first-order valence-electron chi connectivity index (χ1n) is 5.83. The standard InChI is InChI=1S/C12H21BrN2O/c1-8(2)12(16)6-5-11-10(13)7-14-15(11)9(3)4/h7-9,12,16H,5-6H2,1-4H3. The largest absolute Gasteiger partial charge is 0.393 e. The molecule has 1 atom stereocenters. The molecule has 0 saturated heterocycles. The van der Waals surface area contributed by atoms with Gasteiger partial charge < -0.3 is 5.11 Å². The molecular formula is C12H21BrN2O. The Hall–Kier alpha value is -0.350. The van der Waals surface area contributed by atoms with Crippen LogP contribution < -0.4 is 0 Å². The Labute approximate surface area is 106 Å². The molecule has 0 aromatic carbocycles. The van der Waals surface area contributed by atoms with Gasteiger partial charge in [-0.3, -0.25) is 4.68 Å². The molecule has 0 spiro atoms. The summed E-state index contributed by atoms with van der Waals surface area (Å²) in [4.78, 5) is 0. The Balaban J connectivity index is 2.69. The van der Waals surface area contributed by atoms with Crippen LogP contribution in [0.15, 0.2) is 10.7 Å². The smallest absolute Gasteiger partial charge is 0.0635 e. The molecule has 1 unspecified atom stereocenters. The number of nitrogens with zero attached hydrogens (tertiary/aromatic N) is 2. The highest BCUT2D eigenvalue weighted by atomic mass is 79.9. The van der Waals surface area contributed by atoms with E-state index in [1.54, 1.807) is 0 Å². The summed E-state index contributed by atoms with van der Waals surface area (Å²) in [6.07, 6.45) is 3.24. The van der Waals surface area contributed by atoms with Gasteiger partial charge in [-0.15, -0.1) is 0 Å². The van der Waals surface area contributed by atoms with Gasteiger partial charge in [-0.1, -0.05) is 13.8 Å². The van der Waals surface area contributed by atoms with E-state index in [1.807, 2.05) is 24.7 Å². The number of hydrogen-bond donors (Lipinski definition) is 1. The van der Waals surface area contributed by atoms with Crippen LogP contribution >= 0.6 is 15.9 Å². The summed E-state index contributed by atoms with van der Waals surface area (Å²) >= 11 is 3.51. The molecule has 0 aliphatic carbocycles. The van der Waals surface area contributed by atoms with E-state index in [0.29, 0.717) is 12.0 Å². The van der Waals surface area contributed by atoms with Crippen LogP contribution in [0.5, 0.6) is 0 Å². The summed E-state index contributed by atoms with van der Waals surface area (Å²) in [6, 6.07) is 0.359. The van der Waals surface area contributed by atoms with Gasteiger partial charge in [-0.05, 0) is 48.5 Å². The second kappa shape index (κ2) is 5.82. The maximum atomic E-state index is 9.80. The van der Waals surface area contributed by atoms with E-state index in [2.05, 4.69) is 34.9 Å². The normalized spacial score (nSPS) is 13.8. The second-order valence-electron chi connectivity index (χ2n) is 4.83. The van der Waals surface area contributed by atoms with Gasteiger partial charge in [-0.2, -0.15) is 5.10 Å². The number of aliphatic hydroxyl groups is 1. The lowest BCUT2D eigenvalue weighted by atomic mass is 10.0. The van der Waals surface area contributed by atoms with Crippen molar-refractivity contribution in [3.63, 3.8) is 0 Å². The lowest BCUT2D eigenvalue weighted by Gasteiger charge is -2.16. The van der Waals surface area contributed by atoms with E-state index in [9.17, 15) is 5.11 Å². The average molecular weight is 289 g/mol. The predicted molar refractivity (Wildman–Crippen MR) is 69.5 cm³/mol. The zero-order valence-corrected chi connectivity index (χ0v) is 12.0. The topological polar surface area (TPSA) is 38.1 Å². The zero-order chi connectivity index (χ0) is 12.3. The number of aromatic nitrogens is 2. The number of aliphatic hydroxyl groups excluding tert-OH is 1. The highest BCUT2D eigenvalue weighted by molar-refractivity contribution is 9.10. The molecule has 0 bridgehead atoms. The maximum Gasteiger partial charge on any atom is 0.0635 e. The van der Waals surface area contributed by atoms with Crippen LogP contribution in [0.1, 0.15) is 45.9 Å². The van der Waals surface area contributed by atoms with Crippen LogP contribution in [-0.2, 0) is 6.42 Å². The molecule has 92 valence electrons. The monoisotopic (exact) mass is 288 g/mol. The molecule has 1 rings (SSSR count). The van der Waals surface area contributed by atoms with Crippen molar-refractivity contribution in [1.82, 2.24) is 9.78 Å². The van der Waals surface area contributed by atoms with E-state index in [-0.39, 0.29) is 6.10 Å². The van der Waals surface area contributed by atoms with Gasteiger partial charge >= 0.3 is 0 Å². The van der Waals surface area contributed by atoms with Crippen molar-refractivity contribution < 1.29 is 5.11 Å². The lowest BCUT2D eigenvalue weighted by Crippen LogP contribution is -2.17. The fraction of sp³-hybridized carbons (Fsp3) is 0.750. The van der Waals surface area contributed by atoms with Crippen LogP contribution in [0.2, 0.25) is 0 Å². The third kappa shape index (κ3) is 3.32. The minimum Gasteiger partial charge on any atom is -0.393 e. The van der Waals surface area contributed by atoms with Gasteiger partial charge in [0, 0.05) is 6.04 Å². The predicted octanol–water partition coefficient (Wildman–Crippen LogP) is 3.18. The van der Waals surface area contributed by atoms with E-state index < -0.39 is 0 Å². The molecule has 1 aromatic heterocycles. The summed E-state index contributed by atoms with van der Waals surface area (Å²) in [7, 11) is 0. The Morgan fingerprint density at radius 2 is 2.00 bits per heavy atom. The van der Waals surface area contributed by atoms with E-state index in [0.717, 1.165) is 17.3 Å². The van der Waals surface area contributed by atoms with E-state index >= 15 is 0 Å². The summed E-state index contributed by atoms with van der Waals surface area (Å²) in [5, 5.41) is 14.1. The molecule has 0 radical (unpaired) electrons. The minimum atomic E-state index is -0.234. The molecule has 16 heavy (non-hydrogen) atoms. The van der Waals surface area contributed by atoms with Crippen LogP contribution in [-0.4, -0.2) is 21.0 Å². The molecule has 0 amide bonds. The van der Waals surface area contributed by atoms with Crippen molar-refractivity contribution in [3.05, 3.63) is 16.4 Å². The first-order valence-corrected chi connectivity index (χ1v) is 6.62. The molecular weight excluding hydrogens is 268 g/mol. The third-order valence-corrected chi connectivity index (χ3v) is 3.45. The number of hydrogen-bond acceptors (Lipinski definition) is 2. The van der Waals surface area contributed by atoms with Crippen LogP contribution in [0.25, 0.3) is 0 Å². The second-order valence-corrected chi connectivity index (χ2v) is 5.68. The number of rotatable bonds is 5. The van der Waals surface area contributed by atoms with E-state index in [4.69, 9.17) is 0 Å². The van der Waals surface area contributed by atoms with Gasteiger partial charge in [0.05, 0.1) is 22.5 Å². The highest BCUT2D eigenvalue weighted by Gasteiger charge is 2.14. The third-order valence-electron chi connectivity index (χ3n) is 2.78. The molecule has 0 aliphatic heterocycles. The van der Waals surface area contributed by atoms with E-state index in [1.165, 1.54) is 5.69 Å². The maximum absolute atomic E-state index is 9.80. The van der Waals surface area contributed by atoms with Crippen molar-refractivity contribution in [3.8, 4) is 0 Å². The van der Waals surface area contributed by atoms with Gasteiger partial charge in [0.1, 0.15) is 0 Å². The quantitative estimate of drug-likeness (QED) is 0.904. The van der Waals surface area contributed by atoms with Crippen LogP contribution in [0.4, 0.5) is 0 Å². The van der Waals surface area contributed by atoms with Crippen molar-refractivity contribution >= 4 is 15.9 Å². The molecule has 0 fully saturated rings. The molecule has 1 N–H and O–H groups in total. The average Bonchev–Trinajstić information content (AvgIpc) is 2.56. The Bertz CT molecular complexity index is 334. The first-order chi connectivity index (χ1) is 7.43. The summed E-state index contributed by atoms with van der Waals surface area (Å²) < 4.78 is 3.05. The summed E-state index contributed by atoms with van der Waals surface area (Å²) in [5.41, 5.74) is 1.18. The van der Waals surface area contributed by atoms with Gasteiger partial charge in [0.25, 0.3) is 0 Å². The van der Waals surface area contributed by atoms with Crippen LogP contribution in [0.3, 0.4) is 0 Å². The zero-order valence-electron chi connectivity index (χ0n) is 10.4. The Kier molecular flexibility index (Phi) is 4.99. The molecule has 1 heterocycles. The Morgan fingerprint density at radius 3 is 2.50 bits per heavy atom. The van der Waals surface area contributed by atoms with Crippen LogP contribution in [0, 0.1) is 5.92 Å². The molecule has 3 nitrogen and oxygen atoms in total. The summed E-state index contributed by atoms with van der Waals surface area (Å²) in [5.74, 6) is 0.314. The first kappa shape index (κ1) is 13.7. The SMILES string of the molecule is CC(C)C(O)CCc1c(Br)cnn1C(C)C. The lowest BCUT2D eigenvalue weighted by molar-refractivity contribution is 0.116. The van der Waals surface area contributed by atoms with Crippen molar-refractivity contribution in [2.45, 2.75) is 52.7 Å². The van der Waals surface area contributed by atoms with Crippen molar-refractivity contribution in [2.24, 2.45) is 5.92 Å². The van der Waals surface area contributed by atoms with Gasteiger partial charge in [-0.25, -0.2) is 0 Å². The fourth-order valence-electron chi connectivity index (χ4n) is 1.66. The number of halogens is 1. The fourth-order valence-corrected chi connectivity index (χ4v) is 2.13. The van der Waals surface area contributed by atoms with Gasteiger partial charge in [0.15, 0.2) is 0 Å². The summed E-state index contributed by atoms with van der Waals surface area (Å²) in [6.45, 7) is 8.31. The molecule has 0 saturated carbocycles. The van der Waals surface area contributed by atoms with Crippen molar-refractivity contribution in [2.75, 3.05) is 0 Å². The highest BCUT2D eigenvalue weighted by Crippen LogP contribution is 2.22. The van der Waals surface area contributed by atoms with Crippen molar-refractivity contribution in [1.29, 1.82) is 0 Å². The molecule has 0 aliphatic rings. The Morgan fingerprint density at radius 1 is 1.38 bits per heavy atom. The molecule has 4 heteroatoms. The minimum absolute atomic E-state index is 0.234. The van der Waals surface area contributed by atoms with Gasteiger partial charge in [0.2, 0.25) is 0 Å².